The summed E-state index contributed by atoms with van der Waals surface area (Å²) < 4.78 is 16.2. The SMILES string of the molecule is CC1CN1P(C)(=O)N1CC1C. The molecule has 0 aliphatic carbocycles. The predicted molar refractivity (Wildman–Crippen MR) is 45.9 cm³/mol. The van der Waals surface area contributed by atoms with Crippen LogP contribution in [0.4, 0.5) is 0 Å². The Morgan fingerprint density at radius 1 is 1.18 bits per heavy atom. The summed E-state index contributed by atoms with van der Waals surface area (Å²) >= 11 is 0. The van der Waals surface area contributed by atoms with Crippen LogP contribution < -0.4 is 0 Å². The van der Waals surface area contributed by atoms with Gasteiger partial charge in [-0.2, -0.15) is 0 Å². The van der Waals surface area contributed by atoms with Crippen molar-refractivity contribution in [2.75, 3.05) is 19.8 Å². The van der Waals surface area contributed by atoms with E-state index in [2.05, 4.69) is 23.2 Å². The lowest BCUT2D eigenvalue weighted by Crippen LogP contribution is -2.05. The summed E-state index contributed by atoms with van der Waals surface area (Å²) in [6.07, 6.45) is 0. The first-order chi connectivity index (χ1) is 5.03. The lowest BCUT2D eigenvalue weighted by Gasteiger charge is -2.15. The van der Waals surface area contributed by atoms with Gasteiger partial charge in [0.1, 0.15) is 0 Å². The molecule has 0 amide bonds. The Bertz CT molecular complexity index is 210. The molecule has 0 spiro atoms. The molecule has 2 heterocycles. The second-order valence-corrected chi connectivity index (χ2v) is 6.48. The van der Waals surface area contributed by atoms with E-state index in [9.17, 15) is 4.57 Å². The minimum Gasteiger partial charge on any atom is -0.289 e. The highest BCUT2D eigenvalue weighted by Crippen LogP contribution is 2.61. The van der Waals surface area contributed by atoms with E-state index in [-0.39, 0.29) is 0 Å². The summed E-state index contributed by atoms with van der Waals surface area (Å²) in [5, 5.41) is 0. The van der Waals surface area contributed by atoms with Gasteiger partial charge in [0.15, 0.2) is 0 Å². The van der Waals surface area contributed by atoms with E-state index in [1.54, 1.807) is 0 Å². The van der Waals surface area contributed by atoms with Gasteiger partial charge in [-0.1, -0.05) is 0 Å². The molecular weight excluding hydrogens is 159 g/mol. The van der Waals surface area contributed by atoms with Crippen molar-refractivity contribution in [2.24, 2.45) is 0 Å². The van der Waals surface area contributed by atoms with Crippen LogP contribution >= 0.6 is 7.44 Å². The van der Waals surface area contributed by atoms with Crippen molar-refractivity contribution >= 4 is 7.44 Å². The van der Waals surface area contributed by atoms with Crippen LogP contribution in [0.5, 0.6) is 0 Å². The van der Waals surface area contributed by atoms with E-state index in [0.717, 1.165) is 13.1 Å². The van der Waals surface area contributed by atoms with Gasteiger partial charge in [0, 0.05) is 31.8 Å². The molecule has 4 atom stereocenters. The van der Waals surface area contributed by atoms with Crippen LogP contribution in [0.3, 0.4) is 0 Å². The Balaban J connectivity index is 2.05. The number of hydrogen-bond acceptors (Lipinski definition) is 1. The molecule has 11 heavy (non-hydrogen) atoms. The highest BCUT2D eigenvalue weighted by atomic mass is 31.2. The molecule has 0 saturated carbocycles. The lowest BCUT2D eigenvalue weighted by atomic mass is 10.6. The Morgan fingerprint density at radius 2 is 1.45 bits per heavy atom. The molecule has 3 nitrogen and oxygen atoms in total. The normalized spacial score (nSPS) is 53.4. The quantitative estimate of drug-likeness (QED) is 0.464. The van der Waals surface area contributed by atoms with Gasteiger partial charge in [-0.25, -0.2) is 9.34 Å². The maximum absolute atomic E-state index is 12.0. The molecule has 4 unspecified atom stereocenters. The molecule has 2 fully saturated rings. The van der Waals surface area contributed by atoms with Crippen LogP contribution in [0.1, 0.15) is 13.8 Å². The van der Waals surface area contributed by atoms with Crippen LogP contribution in [0.15, 0.2) is 0 Å². The largest absolute Gasteiger partial charge is 0.289 e. The van der Waals surface area contributed by atoms with Crippen molar-refractivity contribution < 1.29 is 4.57 Å². The topological polar surface area (TPSA) is 23.1 Å². The Kier molecular flexibility index (Phi) is 1.48. The first kappa shape index (κ1) is 7.78. The first-order valence-corrected chi connectivity index (χ1v) is 6.21. The van der Waals surface area contributed by atoms with E-state index in [4.69, 9.17) is 0 Å². The molecule has 64 valence electrons. The molecular formula is C7H15N2OP. The summed E-state index contributed by atoms with van der Waals surface area (Å²) in [6, 6.07) is 1.11. The molecule has 2 aliphatic heterocycles. The third kappa shape index (κ3) is 1.16. The monoisotopic (exact) mass is 174 g/mol. The first-order valence-electron chi connectivity index (χ1n) is 4.15. The van der Waals surface area contributed by atoms with Crippen molar-refractivity contribution in [1.82, 2.24) is 9.34 Å². The van der Waals surface area contributed by atoms with Gasteiger partial charge in [-0.3, -0.25) is 4.57 Å². The minimum atomic E-state index is -2.06. The molecule has 2 aliphatic rings. The molecule has 2 saturated heterocycles. The van der Waals surface area contributed by atoms with E-state index >= 15 is 0 Å². The van der Waals surface area contributed by atoms with E-state index in [0.29, 0.717) is 12.1 Å². The van der Waals surface area contributed by atoms with Gasteiger partial charge < -0.3 is 0 Å². The zero-order valence-electron chi connectivity index (χ0n) is 7.32. The predicted octanol–water partition coefficient (Wildman–Crippen LogP) is 1.22. The molecule has 0 aromatic carbocycles. The maximum Gasteiger partial charge on any atom is 0.214 e. The van der Waals surface area contributed by atoms with Gasteiger partial charge in [-0.15, -0.1) is 0 Å². The average molecular weight is 174 g/mol. The van der Waals surface area contributed by atoms with E-state index in [1.807, 2.05) is 6.66 Å². The summed E-state index contributed by atoms with van der Waals surface area (Å²) in [5.41, 5.74) is 0. The summed E-state index contributed by atoms with van der Waals surface area (Å²) in [6.45, 7) is 8.20. The minimum absolute atomic E-state index is 0.554. The second kappa shape index (κ2) is 2.09. The second-order valence-electron chi connectivity index (χ2n) is 3.78. The molecule has 4 heteroatoms. The van der Waals surface area contributed by atoms with E-state index in [1.165, 1.54) is 0 Å². The van der Waals surface area contributed by atoms with Crippen LogP contribution in [0, 0.1) is 0 Å². The van der Waals surface area contributed by atoms with Crippen LogP contribution in [-0.4, -0.2) is 41.2 Å². The smallest absolute Gasteiger partial charge is 0.214 e. The van der Waals surface area contributed by atoms with Gasteiger partial charge >= 0.3 is 0 Å². The average Bonchev–Trinajstić information content (AvgIpc) is 2.69. The molecule has 0 aromatic heterocycles. The fourth-order valence-corrected chi connectivity index (χ4v) is 4.47. The lowest BCUT2D eigenvalue weighted by molar-refractivity contribution is 0.512. The molecule has 0 aromatic rings. The van der Waals surface area contributed by atoms with Crippen molar-refractivity contribution in [3.8, 4) is 0 Å². The third-order valence-electron chi connectivity index (χ3n) is 2.61. The van der Waals surface area contributed by atoms with Crippen LogP contribution in [0.2, 0.25) is 0 Å². The third-order valence-corrected chi connectivity index (χ3v) is 5.63. The van der Waals surface area contributed by atoms with Gasteiger partial charge in [0.05, 0.1) is 0 Å². The van der Waals surface area contributed by atoms with Crippen molar-refractivity contribution in [3.05, 3.63) is 0 Å². The zero-order valence-corrected chi connectivity index (χ0v) is 8.21. The van der Waals surface area contributed by atoms with Crippen LogP contribution in [0.25, 0.3) is 0 Å². The highest BCUT2D eigenvalue weighted by molar-refractivity contribution is 7.58. The summed E-state index contributed by atoms with van der Waals surface area (Å²) in [7, 11) is -2.06. The molecule has 0 radical (unpaired) electrons. The van der Waals surface area contributed by atoms with Crippen molar-refractivity contribution in [3.63, 3.8) is 0 Å². The Morgan fingerprint density at radius 3 is 1.64 bits per heavy atom. The summed E-state index contributed by atoms with van der Waals surface area (Å²) in [4.78, 5) is 0. The zero-order chi connectivity index (χ0) is 8.22. The van der Waals surface area contributed by atoms with Gasteiger partial charge in [0.25, 0.3) is 0 Å². The number of hydrogen-bond donors (Lipinski definition) is 0. The standard InChI is InChI=1S/C7H15N2OP/c1-6-4-8(6)11(3,10)9-5-7(9)2/h6-7H,4-5H2,1-3H3. The summed E-state index contributed by atoms with van der Waals surface area (Å²) in [5.74, 6) is 0. The van der Waals surface area contributed by atoms with Crippen molar-refractivity contribution in [1.29, 1.82) is 0 Å². The molecule has 0 bridgehead atoms. The fourth-order valence-electron chi connectivity index (χ4n) is 1.63. The van der Waals surface area contributed by atoms with Crippen molar-refractivity contribution in [2.45, 2.75) is 25.9 Å². The molecule has 0 N–H and O–H groups in total. The van der Waals surface area contributed by atoms with E-state index < -0.39 is 7.44 Å². The fraction of sp³-hybridized carbons (Fsp3) is 1.00. The van der Waals surface area contributed by atoms with Gasteiger partial charge in [0.2, 0.25) is 7.44 Å². The van der Waals surface area contributed by atoms with Crippen LogP contribution in [-0.2, 0) is 4.57 Å². The highest BCUT2D eigenvalue weighted by Gasteiger charge is 2.51. The Hall–Kier alpha value is 0.150. The Labute approximate surface area is 67.8 Å². The maximum atomic E-state index is 12.0. The van der Waals surface area contributed by atoms with Gasteiger partial charge in [-0.05, 0) is 13.8 Å². The molecule has 2 rings (SSSR count). The number of rotatable bonds is 2. The number of nitrogens with zero attached hydrogens (tertiary/aromatic N) is 2.